The Kier molecular flexibility index (Phi) is 3.72. The number of aromatic nitrogens is 3. The number of hydrogen-bond acceptors (Lipinski definition) is 4. The Morgan fingerprint density at radius 3 is 3.18 bits per heavy atom. The van der Waals surface area contributed by atoms with Gasteiger partial charge in [0.25, 0.3) is 6.47 Å². The molecule has 2 aromatic heterocycles. The first-order valence-corrected chi connectivity index (χ1v) is 5.39. The van der Waals surface area contributed by atoms with Crippen LogP contribution in [0.1, 0.15) is 5.69 Å². The molecule has 0 spiro atoms. The first-order chi connectivity index (χ1) is 8.31. The highest BCUT2D eigenvalue weighted by molar-refractivity contribution is 6.32. The van der Waals surface area contributed by atoms with Crippen LogP contribution in [0.25, 0.3) is 11.4 Å². The molecule has 5 nitrogen and oxygen atoms in total. The first-order valence-electron chi connectivity index (χ1n) is 5.01. The Hall–Kier alpha value is -1.88. The van der Waals surface area contributed by atoms with E-state index < -0.39 is 0 Å². The van der Waals surface area contributed by atoms with Crippen molar-refractivity contribution in [2.45, 2.75) is 6.42 Å². The van der Waals surface area contributed by atoms with E-state index >= 15 is 0 Å². The van der Waals surface area contributed by atoms with Crippen molar-refractivity contribution in [3.05, 3.63) is 35.1 Å². The van der Waals surface area contributed by atoms with Crippen LogP contribution in [0.5, 0.6) is 0 Å². The Balaban J connectivity index is 2.13. The number of halogens is 1. The van der Waals surface area contributed by atoms with E-state index in [1.807, 2.05) is 6.07 Å². The van der Waals surface area contributed by atoms with E-state index in [9.17, 15) is 4.79 Å². The van der Waals surface area contributed by atoms with Crippen LogP contribution < -0.4 is 0 Å². The molecule has 17 heavy (non-hydrogen) atoms. The Labute approximate surface area is 103 Å². The number of aromatic amines is 1. The molecule has 6 heteroatoms. The highest BCUT2D eigenvalue weighted by atomic mass is 35.5. The number of nitrogens with zero attached hydrogens (tertiary/aromatic N) is 2. The van der Waals surface area contributed by atoms with Gasteiger partial charge in [-0.1, -0.05) is 11.6 Å². The summed E-state index contributed by atoms with van der Waals surface area (Å²) >= 11 is 6.01. The lowest BCUT2D eigenvalue weighted by Crippen LogP contribution is -1.96. The van der Waals surface area contributed by atoms with Crippen LogP contribution >= 0.6 is 11.6 Å². The SMILES string of the molecule is O=COCCc1cc(-c2ncccc2Cl)n[nH]1. The molecule has 0 bridgehead atoms. The van der Waals surface area contributed by atoms with Crippen molar-refractivity contribution in [2.75, 3.05) is 6.61 Å². The van der Waals surface area contributed by atoms with Gasteiger partial charge in [-0.15, -0.1) is 0 Å². The third-order valence-corrected chi connectivity index (χ3v) is 2.49. The molecule has 0 aliphatic heterocycles. The Morgan fingerprint density at radius 1 is 1.53 bits per heavy atom. The maximum Gasteiger partial charge on any atom is 0.293 e. The minimum Gasteiger partial charge on any atom is -0.467 e. The summed E-state index contributed by atoms with van der Waals surface area (Å²) in [5.74, 6) is 0. The van der Waals surface area contributed by atoms with E-state index in [0.29, 0.717) is 35.9 Å². The molecule has 0 saturated heterocycles. The molecule has 1 N–H and O–H groups in total. The standard InChI is InChI=1S/C11H10ClN3O2/c12-9-2-1-4-13-11(9)10-6-8(14-15-10)3-5-17-7-16/h1-2,4,6-7H,3,5H2,(H,14,15). The predicted molar refractivity (Wildman–Crippen MR) is 62.5 cm³/mol. The van der Waals surface area contributed by atoms with Gasteiger partial charge in [-0.05, 0) is 18.2 Å². The number of nitrogens with one attached hydrogen (secondary N) is 1. The van der Waals surface area contributed by atoms with Gasteiger partial charge in [-0.3, -0.25) is 14.9 Å². The lowest BCUT2D eigenvalue weighted by Gasteiger charge is -1.97. The van der Waals surface area contributed by atoms with Crippen LogP contribution in [0, 0.1) is 0 Å². The van der Waals surface area contributed by atoms with Gasteiger partial charge in [-0.25, -0.2) is 0 Å². The Bertz CT molecular complexity index is 513. The van der Waals surface area contributed by atoms with Gasteiger partial charge in [0, 0.05) is 18.3 Å². The topological polar surface area (TPSA) is 67.9 Å². The molecule has 0 fully saturated rings. The molecule has 0 aromatic carbocycles. The number of carbonyl (C=O) groups is 1. The van der Waals surface area contributed by atoms with Crippen molar-refractivity contribution < 1.29 is 9.53 Å². The second-order valence-electron chi connectivity index (χ2n) is 3.33. The van der Waals surface area contributed by atoms with Crippen molar-refractivity contribution in [3.63, 3.8) is 0 Å². The van der Waals surface area contributed by atoms with Gasteiger partial charge in [0.15, 0.2) is 0 Å². The molecular weight excluding hydrogens is 242 g/mol. The number of H-pyrrole nitrogens is 1. The van der Waals surface area contributed by atoms with Gasteiger partial charge in [0.1, 0.15) is 11.4 Å². The van der Waals surface area contributed by atoms with Crippen LogP contribution in [-0.4, -0.2) is 28.3 Å². The largest absolute Gasteiger partial charge is 0.467 e. The molecular formula is C11H10ClN3O2. The van der Waals surface area contributed by atoms with Crippen molar-refractivity contribution in [3.8, 4) is 11.4 Å². The van der Waals surface area contributed by atoms with E-state index in [-0.39, 0.29) is 0 Å². The fraction of sp³-hybridized carbons (Fsp3) is 0.182. The molecule has 0 unspecified atom stereocenters. The minimum absolute atomic E-state index is 0.321. The summed E-state index contributed by atoms with van der Waals surface area (Å²) in [5, 5.41) is 7.51. The number of pyridine rings is 1. The molecule has 0 atom stereocenters. The van der Waals surface area contributed by atoms with Gasteiger partial charge >= 0.3 is 0 Å². The first kappa shape index (κ1) is 11.6. The summed E-state index contributed by atoms with van der Waals surface area (Å²) in [4.78, 5) is 14.1. The molecule has 88 valence electrons. The number of hydrogen-bond donors (Lipinski definition) is 1. The predicted octanol–water partition coefficient (Wildman–Crippen LogP) is 1.84. The van der Waals surface area contributed by atoms with Gasteiger partial charge < -0.3 is 4.74 Å². The van der Waals surface area contributed by atoms with Gasteiger partial charge in [0.05, 0.1) is 11.6 Å². The van der Waals surface area contributed by atoms with Crippen LogP contribution in [0.2, 0.25) is 5.02 Å². The smallest absolute Gasteiger partial charge is 0.293 e. The van der Waals surface area contributed by atoms with Crippen LogP contribution in [0.4, 0.5) is 0 Å². The highest BCUT2D eigenvalue weighted by Gasteiger charge is 2.08. The summed E-state index contributed by atoms with van der Waals surface area (Å²) in [6.45, 7) is 0.744. The molecule has 2 aromatic rings. The van der Waals surface area contributed by atoms with Crippen molar-refractivity contribution in [1.82, 2.24) is 15.2 Å². The lowest BCUT2D eigenvalue weighted by atomic mass is 10.2. The minimum atomic E-state index is 0.321. The van der Waals surface area contributed by atoms with E-state index in [2.05, 4.69) is 19.9 Å². The molecule has 0 saturated carbocycles. The highest BCUT2D eigenvalue weighted by Crippen LogP contribution is 2.23. The summed E-state index contributed by atoms with van der Waals surface area (Å²) in [6, 6.07) is 5.35. The average Bonchev–Trinajstić information content (AvgIpc) is 2.79. The lowest BCUT2D eigenvalue weighted by molar-refractivity contribution is -0.128. The molecule has 2 rings (SSSR count). The zero-order chi connectivity index (χ0) is 12.1. The molecule has 0 aliphatic rings. The molecule has 0 radical (unpaired) electrons. The average molecular weight is 252 g/mol. The Morgan fingerprint density at radius 2 is 2.41 bits per heavy atom. The maximum absolute atomic E-state index is 9.99. The summed E-state index contributed by atoms with van der Waals surface area (Å²) in [6.07, 6.45) is 2.24. The summed E-state index contributed by atoms with van der Waals surface area (Å²) in [7, 11) is 0. The second-order valence-corrected chi connectivity index (χ2v) is 3.74. The van der Waals surface area contributed by atoms with E-state index in [1.165, 1.54) is 0 Å². The fourth-order valence-electron chi connectivity index (χ4n) is 1.40. The number of rotatable bonds is 5. The van der Waals surface area contributed by atoms with Crippen LogP contribution in [0.3, 0.4) is 0 Å². The number of ether oxygens (including phenoxy) is 1. The van der Waals surface area contributed by atoms with Crippen molar-refractivity contribution in [2.24, 2.45) is 0 Å². The van der Waals surface area contributed by atoms with Crippen LogP contribution in [0.15, 0.2) is 24.4 Å². The van der Waals surface area contributed by atoms with Gasteiger partial charge in [-0.2, -0.15) is 5.10 Å². The third kappa shape index (κ3) is 2.82. The molecule has 0 aliphatic carbocycles. The number of carbonyl (C=O) groups excluding carboxylic acids is 1. The normalized spacial score (nSPS) is 10.2. The summed E-state index contributed by atoms with van der Waals surface area (Å²) < 4.78 is 4.61. The second kappa shape index (κ2) is 5.45. The molecule has 0 amide bonds. The molecule has 2 heterocycles. The van der Waals surface area contributed by atoms with E-state index in [1.54, 1.807) is 18.3 Å². The quantitative estimate of drug-likeness (QED) is 0.650. The fourth-order valence-corrected chi connectivity index (χ4v) is 1.62. The zero-order valence-corrected chi connectivity index (χ0v) is 9.65. The zero-order valence-electron chi connectivity index (χ0n) is 8.89. The van der Waals surface area contributed by atoms with Crippen molar-refractivity contribution >= 4 is 18.1 Å². The monoisotopic (exact) mass is 251 g/mol. The van der Waals surface area contributed by atoms with E-state index in [0.717, 1.165) is 5.69 Å². The van der Waals surface area contributed by atoms with E-state index in [4.69, 9.17) is 11.6 Å². The summed E-state index contributed by atoms with van der Waals surface area (Å²) in [5.41, 5.74) is 2.17. The third-order valence-electron chi connectivity index (χ3n) is 2.19. The van der Waals surface area contributed by atoms with Crippen molar-refractivity contribution in [1.29, 1.82) is 0 Å². The maximum atomic E-state index is 9.99. The van der Waals surface area contributed by atoms with Gasteiger partial charge in [0.2, 0.25) is 0 Å². The van der Waals surface area contributed by atoms with Crippen LogP contribution in [-0.2, 0) is 16.0 Å².